The second-order valence-corrected chi connectivity index (χ2v) is 11.4. The Kier molecular flexibility index (Phi) is 17.1. The molecule has 0 aromatic heterocycles. The number of phosphoric acid groups is 1. The maximum absolute atomic E-state index is 13.5. The van der Waals surface area contributed by atoms with Gasteiger partial charge in [0.05, 0.1) is 13.2 Å². The Labute approximate surface area is 223 Å². The van der Waals surface area contributed by atoms with Gasteiger partial charge in [-0.05, 0) is 0 Å². The van der Waals surface area contributed by atoms with Crippen LogP contribution in [-0.2, 0) is 27.7 Å². The van der Waals surface area contributed by atoms with E-state index in [1.807, 2.05) is 0 Å². The number of hydrogen-bond acceptors (Lipinski definition) is 6. The number of phosphoric ester groups is 1. The third-order valence-corrected chi connectivity index (χ3v) is 12.3. The van der Waals surface area contributed by atoms with E-state index >= 15 is 0 Å². The van der Waals surface area contributed by atoms with Crippen molar-refractivity contribution < 1.29 is 27.7 Å². The molecule has 0 saturated carbocycles. The van der Waals surface area contributed by atoms with Gasteiger partial charge >= 0.3 is 13.8 Å². The van der Waals surface area contributed by atoms with Crippen LogP contribution < -0.4 is 0 Å². The summed E-state index contributed by atoms with van der Waals surface area (Å²) < 4.78 is 35.5. The highest BCUT2D eigenvalue weighted by molar-refractivity contribution is 9.10. The van der Waals surface area contributed by atoms with Crippen molar-refractivity contribution in [3.8, 4) is 0 Å². The molecule has 0 aliphatic heterocycles. The summed E-state index contributed by atoms with van der Waals surface area (Å²) in [6.45, 7) is 5.25. The summed E-state index contributed by atoms with van der Waals surface area (Å²) in [5, 5.41) is 3.54. The third-order valence-electron chi connectivity index (χ3n) is 3.75. The van der Waals surface area contributed by atoms with Gasteiger partial charge in [0.15, 0.2) is 0 Å². The molecule has 0 aliphatic carbocycles. The first kappa shape index (κ1) is 31.2. The van der Waals surface area contributed by atoms with Crippen molar-refractivity contribution in [2.45, 2.75) is 19.6 Å². The van der Waals surface area contributed by atoms with Gasteiger partial charge in [0, 0.05) is 55.3 Å². The minimum Gasteiger partial charge on any atom is -0.432 e. The van der Waals surface area contributed by atoms with Crippen LogP contribution in [0.1, 0.15) is 13.3 Å². The monoisotopic (exact) mass is 818 g/mol. The fourth-order valence-corrected chi connectivity index (χ4v) is 9.56. The molecule has 1 atom stereocenters. The second kappa shape index (κ2) is 15.9. The number of alkyl halides is 6. The normalized spacial score (nSPS) is 13.9. The van der Waals surface area contributed by atoms with Crippen LogP contribution in [0, 0.1) is 10.8 Å². The molecule has 29 heavy (non-hydrogen) atoms. The Bertz CT molecular complexity index is 499. The predicted octanol–water partition coefficient (Wildman–Crippen LogP) is 6.95. The highest BCUT2D eigenvalue weighted by Crippen LogP contribution is 2.53. The Hall–Kier alpha value is 2.20. The van der Waals surface area contributed by atoms with Crippen LogP contribution in [0.15, 0.2) is 12.7 Å². The zero-order chi connectivity index (χ0) is 22.6. The highest BCUT2D eigenvalue weighted by Gasteiger charge is 2.39. The van der Waals surface area contributed by atoms with Gasteiger partial charge in [-0.1, -0.05) is 109 Å². The molecule has 0 N–H and O–H groups in total. The molecular formula is C16H25Br6O6P. The topological polar surface area (TPSA) is 71.1 Å². The zero-order valence-electron chi connectivity index (χ0n) is 15.9. The quantitative estimate of drug-likeness (QED) is 0.0521. The van der Waals surface area contributed by atoms with Crippen molar-refractivity contribution in [1.29, 1.82) is 0 Å². The van der Waals surface area contributed by atoms with Crippen LogP contribution in [0.5, 0.6) is 0 Å². The summed E-state index contributed by atoms with van der Waals surface area (Å²) in [6, 6.07) is 0. The van der Waals surface area contributed by atoms with E-state index in [9.17, 15) is 9.36 Å². The van der Waals surface area contributed by atoms with Gasteiger partial charge in [-0.2, -0.15) is 0 Å². The maximum atomic E-state index is 13.5. The molecule has 0 saturated heterocycles. The van der Waals surface area contributed by atoms with E-state index in [0.717, 1.165) is 6.08 Å². The molecule has 6 nitrogen and oxygen atoms in total. The number of carbonyl (C=O) groups is 1. The van der Waals surface area contributed by atoms with Crippen molar-refractivity contribution in [2.24, 2.45) is 10.8 Å². The maximum Gasteiger partial charge on any atom is 0.477 e. The molecule has 0 bridgehead atoms. The molecular weight excluding hydrogens is 799 g/mol. The van der Waals surface area contributed by atoms with Crippen molar-refractivity contribution in [3.63, 3.8) is 0 Å². The molecule has 0 heterocycles. The smallest absolute Gasteiger partial charge is 0.432 e. The summed E-state index contributed by atoms with van der Waals surface area (Å²) in [4.78, 5) is 11.6. The Morgan fingerprint density at radius 1 is 0.931 bits per heavy atom. The van der Waals surface area contributed by atoms with Crippen LogP contribution in [0.4, 0.5) is 0 Å². The summed E-state index contributed by atoms with van der Waals surface area (Å²) in [7, 11) is -4.07. The number of halogens is 6. The molecule has 13 heteroatoms. The lowest BCUT2D eigenvalue weighted by Gasteiger charge is -2.32. The number of esters is 1. The van der Waals surface area contributed by atoms with Gasteiger partial charge in [0.1, 0.15) is 0 Å². The lowest BCUT2D eigenvalue weighted by atomic mass is 9.98. The Morgan fingerprint density at radius 3 is 1.59 bits per heavy atom. The first-order valence-corrected chi connectivity index (χ1v) is 16.6. The van der Waals surface area contributed by atoms with E-state index in [4.69, 9.17) is 18.3 Å². The van der Waals surface area contributed by atoms with Gasteiger partial charge in [0.2, 0.25) is 6.29 Å². The van der Waals surface area contributed by atoms with Gasteiger partial charge in [-0.3, -0.25) is 9.05 Å². The number of carbonyl (C=O) groups excluding carboxylic acids is 1. The number of hydrogen-bond donors (Lipinski definition) is 0. The van der Waals surface area contributed by atoms with E-state index in [2.05, 4.69) is 102 Å². The van der Waals surface area contributed by atoms with Crippen molar-refractivity contribution >= 4 is 109 Å². The Morgan fingerprint density at radius 2 is 1.31 bits per heavy atom. The molecule has 1 unspecified atom stereocenters. The number of rotatable bonds is 17. The van der Waals surface area contributed by atoms with E-state index < -0.39 is 20.1 Å². The molecule has 0 rings (SSSR count). The first-order chi connectivity index (χ1) is 13.7. The average Bonchev–Trinajstić information content (AvgIpc) is 2.76. The molecule has 0 fully saturated rings. The van der Waals surface area contributed by atoms with Gasteiger partial charge in [-0.15, -0.1) is 0 Å². The minimum atomic E-state index is -4.07. The van der Waals surface area contributed by atoms with E-state index in [-0.39, 0.29) is 30.5 Å². The fraction of sp³-hybridized carbons (Fsp3) is 0.812. The first-order valence-electron chi connectivity index (χ1n) is 8.43. The van der Waals surface area contributed by atoms with E-state index in [1.165, 1.54) is 0 Å². The molecule has 0 amide bonds. The molecule has 0 aromatic rings. The van der Waals surface area contributed by atoms with Gasteiger partial charge in [0.25, 0.3) is 0 Å². The van der Waals surface area contributed by atoms with Crippen LogP contribution in [0.25, 0.3) is 0 Å². The van der Waals surface area contributed by atoms with Gasteiger partial charge < -0.3 is 4.74 Å². The summed E-state index contributed by atoms with van der Waals surface area (Å²) >= 11 is 20.8. The van der Waals surface area contributed by atoms with Crippen LogP contribution in [-0.4, -0.2) is 57.5 Å². The highest BCUT2D eigenvalue weighted by atomic mass is 79.9. The zero-order valence-corrected chi connectivity index (χ0v) is 26.3. The van der Waals surface area contributed by atoms with Crippen LogP contribution in [0.2, 0.25) is 0 Å². The van der Waals surface area contributed by atoms with E-state index in [1.54, 1.807) is 6.92 Å². The number of ether oxygens (including phenoxy) is 1. The second-order valence-electron chi connectivity index (χ2n) is 6.38. The van der Waals surface area contributed by atoms with Crippen LogP contribution >= 0.6 is 103 Å². The average molecular weight is 824 g/mol. The molecule has 0 aromatic carbocycles. The molecule has 0 spiro atoms. The Balaban J connectivity index is 5.56. The van der Waals surface area contributed by atoms with Crippen molar-refractivity contribution in [1.82, 2.24) is 0 Å². The van der Waals surface area contributed by atoms with Gasteiger partial charge in [-0.25, -0.2) is 13.9 Å². The van der Waals surface area contributed by atoms with E-state index in [0.29, 0.717) is 32.0 Å². The molecule has 172 valence electrons. The summed E-state index contributed by atoms with van der Waals surface area (Å²) in [5.74, 6) is -0.685. The summed E-state index contributed by atoms with van der Waals surface area (Å²) in [5.41, 5.74) is -0.752. The third kappa shape index (κ3) is 10.8. The lowest BCUT2D eigenvalue weighted by Crippen LogP contribution is -2.34. The molecule has 0 radical (unpaired) electrons. The largest absolute Gasteiger partial charge is 0.477 e. The minimum absolute atomic E-state index is 0.0851. The lowest BCUT2D eigenvalue weighted by molar-refractivity contribution is -0.160. The van der Waals surface area contributed by atoms with Crippen molar-refractivity contribution in [2.75, 3.05) is 45.2 Å². The SMILES string of the molecule is C=CC(=O)OC(CC)OP(=O)(OCC(CBr)(CBr)CBr)OCC(CBr)(CBr)CBr. The standard InChI is InChI=1S/C16H25Br6O6P/c1-3-13(23)27-14(4-2)28-29(24,25-11-15(5-17,6-18)7-19)26-12-16(8-20,9-21)10-22/h3,14H,1,4-12H2,2H3. The molecule has 0 aliphatic rings. The van der Waals surface area contributed by atoms with Crippen LogP contribution in [0.3, 0.4) is 0 Å². The van der Waals surface area contributed by atoms with Crippen molar-refractivity contribution in [3.05, 3.63) is 12.7 Å². The predicted molar refractivity (Wildman–Crippen MR) is 139 cm³/mol. The fourth-order valence-electron chi connectivity index (χ4n) is 1.48. The summed E-state index contributed by atoms with van der Waals surface area (Å²) in [6.07, 6.45) is 0.177.